The molecule has 2 N–H and O–H groups in total. The molecule has 1 saturated heterocycles. The maximum atomic E-state index is 12.2. The minimum Gasteiger partial charge on any atom is -0.366 e. The summed E-state index contributed by atoms with van der Waals surface area (Å²) in [5, 5.41) is 5.99. The number of hydrogen-bond donors (Lipinski definition) is 2. The first-order valence-electron chi connectivity index (χ1n) is 8.14. The number of benzene rings is 1. The molecule has 24 heavy (non-hydrogen) atoms. The summed E-state index contributed by atoms with van der Waals surface area (Å²) < 4.78 is 5.41. The predicted octanol–water partition coefficient (Wildman–Crippen LogP) is 1.19. The molecule has 1 aliphatic heterocycles. The van der Waals surface area contributed by atoms with Crippen molar-refractivity contribution < 1.29 is 14.3 Å². The molecule has 2 amide bonds. The summed E-state index contributed by atoms with van der Waals surface area (Å²) in [6.45, 7) is 7.64. The molecular weight excluding hydrogens is 330 g/mol. The number of rotatable bonds is 6. The highest BCUT2D eigenvalue weighted by molar-refractivity contribution is 5.94. The predicted molar refractivity (Wildman–Crippen MR) is 95.4 cm³/mol. The first-order chi connectivity index (χ1) is 11.2. The summed E-state index contributed by atoms with van der Waals surface area (Å²) in [6, 6.07) is 7.36. The van der Waals surface area contributed by atoms with Gasteiger partial charge >= 0.3 is 0 Å². The molecule has 1 atom stereocenters. The van der Waals surface area contributed by atoms with Gasteiger partial charge in [0.05, 0.1) is 6.61 Å². The second-order valence-corrected chi connectivity index (χ2v) is 5.46. The van der Waals surface area contributed by atoms with Gasteiger partial charge in [-0.05, 0) is 31.5 Å². The number of ether oxygens (including phenoxy) is 1. The zero-order valence-electron chi connectivity index (χ0n) is 14.2. The van der Waals surface area contributed by atoms with Gasteiger partial charge in [-0.15, -0.1) is 12.4 Å². The van der Waals surface area contributed by atoms with Crippen molar-refractivity contribution in [3.05, 3.63) is 35.4 Å². The maximum absolute atomic E-state index is 12.2. The molecule has 7 heteroatoms. The van der Waals surface area contributed by atoms with Crippen molar-refractivity contribution in [1.29, 1.82) is 0 Å². The van der Waals surface area contributed by atoms with Crippen molar-refractivity contribution in [2.24, 2.45) is 0 Å². The van der Waals surface area contributed by atoms with Crippen LogP contribution in [-0.2, 0) is 16.1 Å². The zero-order chi connectivity index (χ0) is 16.7. The van der Waals surface area contributed by atoms with Gasteiger partial charge in [-0.25, -0.2) is 0 Å². The van der Waals surface area contributed by atoms with Crippen LogP contribution < -0.4 is 10.6 Å². The Labute approximate surface area is 149 Å². The molecule has 0 aromatic heterocycles. The van der Waals surface area contributed by atoms with Crippen LogP contribution in [0.25, 0.3) is 0 Å². The van der Waals surface area contributed by atoms with Crippen LogP contribution >= 0.6 is 12.4 Å². The summed E-state index contributed by atoms with van der Waals surface area (Å²) in [4.78, 5) is 26.0. The van der Waals surface area contributed by atoms with E-state index in [4.69, 9.17) is 4.74 Å². The SMILES string of the molecule is CCN(CC)C(=O)c1ccc(CNC(=O)C2CNCCO2)cc1.Cl. The lowest BCUT2D eigenvalue weighted by Crippen LogP contribution is -2.47. The van der Waals surface area contributed by atoms with Crippen LogP contribution in [0.2, 0.25) is 0 Å². The zero-order valence-corrected chi connectivity index (χ0v) is 15.0. The van der Waals surface area contributed by atoms with Crippen LogP contribution in [0.3, 0.4) is 0 Å². The Morgan fingerprint density at radius 1 is 1.25 bits per heavy atom. The molecule has 134 valence electrons. The highest BCUT2D eigenvalue weighted by atomic mass is 35.5. The van der Waals surface area contributed by atoms with Crippen molar-refractivity contribution in [3.8, 4) is 0 Å². The number of halogens is 1. The average molecular weight is 356 g/mol. The number of amides is 2. The number of nitrogens with zero attached hydrogens (tertiary/aromatic N) is 1. The standard InChI is InChI=1S/C17H25N3O3.ClH/c1-3-20(4-2)17(22)14-7-5-13(6-8-14)11-19-16(21)15-12-18-9-10-23-15;/h5-8,15,18H,3-4,9-12H2,1-2H3,(H,19,21);1H. The van der Waals surface area contributed by atoms with Crippen molar-refractivity contribution in [3.63, 3.8) is 0 Å². The fourth-order valence-electron chi connectivity index (χ4n) is 2.50. The van der Waals surface area contributed by atoms with Crippen molar-refractivity contribution >= 4 is 24.2 Å². The van der Waals surface area contributed by atoms with E-state index in [1.165, 1.54) is 0 Å². The first kappa shape index (κ1) is 20.4. The van der Waals surface area contributed by atoms with E-state index >= 15 is 0 Å². The Bertz CT molecular complexity index is 526. The Morgan fingerprint density at radius 3 is 2.46 bits per heavy atom. The molecule has 1 aromatic carbocycles. The number of carbonyl (C=O) groups excluding carboxylic acids is 2. The van der Waals surface area contributed by atoms with Crippen molar-refractivity contribution in [1.82, 2.24) is 15.5 Å². The Kier molecular flexibility index (Phi) is 8.74. The van der Waals surface area contributed by atoms with Gasteiger partial charge in [0.15, 0.2) is 0 Å². The lowest BCUT2D eigenvalue weighted by atomic mass is 10.1. The summed E-state index contributed by atoms with van der Waals surface area (Å²) in [6.07, 6.45) is -0.424. The monoisotopic (exact) mass is 355 g/mol. The third-order valence-corrected chi connectivity index (χ3v) is 3.94. The highest BCUT2D eigenvalue weighted by Crippen LogP contribution is 2.08. The Morgan fingerprint density at radius 2 is 1.92 bits per heavy atom. The van der Waals surface area contributed by atoms with Crippen LogP contribution in [0.4, 0.5) is 0 Å². The number of morpholine rings is 1. The van der Waals surface area contributed by atoms with Gasteiger partial charge in [0, 0.05) is 38.3 Å². The Hall–Kier alpha value is -1.63. The topological polar surface area (TPSA) is 70.7 Å². The van der Waals surface area contributed by atoms with E-state index in [-0.39, 0.29) is 24.2 Å². The molecular formula is C17H26ClN3O3. The molecule has 2 rings (SSSR count). The summed E-state index contributed by atoms with van der Waals surface area (Å²) >= 11 is 0. The molecule has 6 nitrogen and oxygen atoms in total. The van der Waals surface area contributed by atoms with Gasteiger partial charge in [-0.2, -0.15) is 0 Å². The third kappa shape index (κ3) is 5.47. The van der Waals surface area contributed by atoms with Crippen LogP contribution in [0.1, 0.15) is 29.8 Å². The molecule has 0 saturated carbocycles. The van der Waals surface area contributed by atoms with E-state index in [9.17, 15) is 9.59 Å². The minimum absolute atomic E-state index is 0. The van der Waals surface area contributed by atoms with Gasteiger partial charge in [-0.3, -0.25) is 9.59 Å². The van der Waals surface area contributed by atoms with Crippen molar-refractivity contribution in [2.75, 3.05) is 32.8 Å². The fourth-order valence-corrected chi connectivity index (χ4v) is 2.50. The minimum atomic E-state index is -0.424. The summed E-state index contributed by atoms with van der Waals surface area (Å²) in [7, 11) is 0. The maximum Gasteiger partial charge on any atom is 0.253 e. The van der Waals surface area contributed by atoms with E-state index in [2.05, 4.69) is 10.6 Å². The number of hydrogen-bond acceptors (Lipinski definition) is 4. The van der Waals surface area contributed by atoms with E-state index in [0.29, 0.717) is 38.3 Å². The van der Waals surface area contributed by atoms with Crippen LogP contribution in [-0.4, -0.2) is 55.6 Å². The van der Waals surface area contributed by atoms with E-state index in [1.54, 1.807) is 17.0 Å². The van der Waals surface area contributed by atoms with Crippen LogP contribution in [0.15, 0.2) is 24.3 Å². The Balaban J connectivity index is 0.00000288. The van der Waals surface area contributed by atoms with Gasteiger partial charge < -0.3 is 20.3 Å². The number of nitrogens with one attached hydrogen (secondary N) is 2. The largest absolute Gasteiger partial charge is 0.366 e. The van der Waals surface area contributed by atoms with Gasteiger partial charge in [0.1, 0.15) is 6.10 Å². The first-order valence-corrected chi connectivity index (χ1v) is 8.14. The highest BCUT2D eigenvalue weighted by Gasteiger charge is 2.21. The molecule has 0 spiro atoms. The fraction of sp³-hybridized carbons (Fsp3) is 0.529. The van der Waals surface area contributed by atoms with Crippen LogP contribution in [0, 0.1) is 0 Å². The van der Waals surface area contributed by atoms with E-state index in [1.807, 2.05) is 26.0 Å². The van der Waals surface area contributed by atoms with Crippen molar-refractivity contribution in [2.45, 2.75) is 26.5 Å². The number of carbonyl (C=O) groups is 2. The molecule has 0 bridgehead atoms. The third-order valence-electron chi connectivity index (χ3n) is 3.94. The molecule has 1 aromatic rings. The van der Waals surface area contributed by atoms with E-state index in [0.717, 1.165) is 12.1 Å². The normalized spacial score (nSPS) is 16.8. The molecule has 1 fully saturated rings. The summed E-state index contributed by atoms with van der Waals surface area (Å²) in [5.74, 6) is -0.0761. The van der Waals surface area contributed by atoms with Gasteiger partial charge in [0.2, 0.25) is 0 Å². The average Bonchev–Trinajstić information content (AvgIpc) is 2.61. The summed E-state index contributed by atoms with van der Waals surface area (Å²) in [5.41, 5.74) is 1.63. The smallest absolute Gasteiger partial charge is 0.253 e. The van der Waals surface area contributed by atoms with Gasteiger partial charge in [0.25, 0.3) is 11.8 Å². The molecule has 0 radical (unpaired) electrons. The molecule has 1 unspecified atom stereocenters. The quantitative estimate of drug-likeness (QED) is 0.804. The lowest BCUT2D eigenvalue weighted by Gasteiger charge is -2.22. The lowest BCUT2D eigenvalue weighted by molar-refractivity contribution is -0.134. The van der Waals surface area contributed by atoms with Gasteiger partial charge in [-0.1, -0.05) is 12.1 Å². The second-order valence-electron chi connectivity index (χ2n) is 5.46. The molecule has 1 aliphatic rings. The molecule has 0 aliphatic carbocycles. The molecule has 1 heterocycles. The van der Waals surface area contributed by atoms with Crippen LogP contribution in [0.5, 0.6) is 0 Å². The second kappa shape index (κ2) is 10.3. The van der Waals surface area contributed by atoms with E-state index < -0.39 is 6.10 Å².